The van der Waals surface area contributed by atoms with Gasteiger partial charge in [0.2, 0.25) is 0 Å². The lowest BCUT2D eigenvalue weighted by molar-refractivity contribution is -0.141. The molecule has 0 aliphatic heterocycles. The maximum Gasteiger partial charge on any atom is 0.407 e. The minimum absolute atomic E-state index is 0.0921. The first kappa shape index (κ1) is 18.0. The molecule has 2 N–H and O–H groups in total. The van der Waals surface area contributed by atoms with Crippen molar-refractivity contribution >= 4 is 18.2 Å². The Balaban J connectivity index is 3.92. The van der Waals surface area contributed by atoms with Gasteiger partial charge in [-0.05, 0) is 19.3 Å². The van der Waals surface area contributed by atoms with E-state index in [4.69, 9.17) is 4.74 Å². The van der Waals surface area contributed by atoms with E-state index in [1.165, 1.54) is 21.1 Å². The molecule has 0 saturated heterocycles. The third kappa shape index (κ3) is 9.98. The van der Waals surface area contributed by atoms with Gasteiger partial charge in [-0.3, -0.25) is 4.79 Å². The monoisotopic (exact) mass is 290 g/mol. The molecule has 0 aliphatic carbocycles. The van der Waals surface area contributed by atoms with E-state index >= 15 is 0 Å². The Morgan fingerprint density at radius 1 is 1.05 bits per heavy atom. The molecular formula is C12H22N2O6. The number of nitrogens with one attached hydrogen (secondary N) is 2. The Kier molecular flexibility index (Phi) is 9.81. The maximum atomic E-state index is 11.1. The van der Waals surface area contributed by atoms with E-state index in [0.717, 1.165) is 6.42 Å². The second-order valence-corrected chi connectivity index (χ2v) is 4.05. The first-order valence-corrected chi connectivity index (χ1v) is 6.29. The first-order chi connectivity index (χ1) is 9.49. The van der Waals surface area contributed by atoms with Crippen molar-refractivity contribution in [2.45, 2.75) is 32.2 Å². The van der Waals surface area contributed by atoms with Crippen molar-refractivity contribution in [1.29, 1.82) is 0 Å². The van der Waals surface area contributed by atoms with Gasteiger partial charge in [0.1, 0.15) is 6.61 Å². The van der Waals surface area contributed by atoms with Crippen molar-refractivity contribution in [3.63, 3.8) is 0 Å². The summed E-state index contributed by atoms with van der Waals surface area (Å²) in [6, 6.07) is -0.315. The van der Waals surface area contributed by atoms with Crippen LogP contribution in [0.3, 0.4) is 0 Å². The second kappa shape index (κ2) is 10.9. The highest BCUT2D eigenvalue weighted by atomic mass is 16.5. The molecule has 20 heavy (non-hydrogen) atoms. The molecule has 2 amide bonds. The van der Waals surface area contributed by atoms with Gasteiger partial charge in [0.05, 0.1) is 20.3 Å². The molecule has 0 radical (unpaired) electrons. The van der Waals surface area contributed by atoms with Gasteiger partial charge in [-0.2, -0.15) is 0 Å². The quantitative estimate of drug-likeness (QED) is 0.389. The Morgan fingerprint density at radius 2 is 1.70 bits per heavy atom. The summed E-state index contributed by atoms with van der Waals surface area (Å²) in [6.45, 7) is 1.87. The van der Waals surface area contributed by atoms with Gasteiger partial charge in [0.15, 0.2) is 0 Å². The molecule has 0 bridgehead atoms. The third-order valence-electron chi connectivity index (χ3n) is 2.43. The summed E-state index contributed by atoms with van der Waals surface area (Å²) in [5, 5.41) is 5.13. The average molecular weight is 290 g/mol. The van der Waals surface area contributed by atoms with Crippen LogP contribution in [0.1, 0.15) is 26.2 Å². The van der Waals surface area contributed by atoms with E-state index in [9.17, 15) is 14.4 Å². The van der Waals surface area contributed by atoms with E-state index in [1.807, 2.05) is 0 Å². The van der Waals surface area contributed by atoms with Crippen molar-refractivity contribution in [3.05, 3.63) is 0 Å². The molecule has 0 aromatic carbocycles. The van der Waals surface area contributed by atoms with Gasteiger partial charge in [-0.1, -0.05) is 0 Å². The zero-order chi connectivity index (χ0) is 15.4. The molecule has 0 heterocycles. The molecule has 0 fully saturated rings. The van der Waals surface area contributed by atoms with Crippen LogP contribution in [-0.2, 0) is 19.0 Å². The fraction of sp³-hybridized carbons (Fsp3) is 0.750. The highest BCUT2D eigenvalue weighted by Gasteiger charge is 2.13. The van der Waals surface area contributed by atoms with Crippen molar-refractivity contribution < 1.29 is 28.6 Å². The maximum absolute atomic E-state index is 11.1. The lowest BCUT2D eigenvalue weighted by Crippen LogP contribution is -2.38. The fourth-order valence-corrected chi connectivity index (χ4v) is 1.42. The standard InChI is InChI=1S/C12H22N2O6/c1-9(15)20-8-10(14-12(17)19-3)6-4-5-7-13-11(16)18-2/h10H,4-8H2,1-3H3,(H,13,16)(H,14,17)/t10-/m0/s1. The van der Waals surface area contributed by atoms with Gasteiger partial charge in [-0.25, -0.2) is 9.59 Å². The zero-order valence-electron chi connectivity index (χ0n) is 12.1. The number of carbonyl (C=O) groups excluding carboxylic acids is 3. The Morgan fingerprint density at radius 3 is 2.25 bits per heavy atom. The van der Waals surface area contributed by atoms with Crippen molar-refractivity contribution in [2.75, 3.05) is 27.4 Å². The highest BCUT2D eigenvalue weighted by molar-refractivity contribution is 5.68. The minimum atomic E-state index is -0.574. The van der Waals surface area contributed by atoms with Crippen LogP contribution in [0.2, 0.25) is 0 Å². The zero-order valence-corrected chi connectivity index (χ0v) is 12.1. The van der Waals surface area contributed by atoms with Gasteiger partial charge < -0.3 is 24.8 Å². The lowest BCUT2D eigenvalue weighted by Gasteiger charge is -2.17. The SMILES string of the molecule is COC(=O)NCCCC[C@@H](COC(C)=O)NC(=O)OC. The van der Waals surface area contributed by atoms with Gasteiger partial charge in [0, 0.05) is 13.5 Å². The summed E-state index contributed by atoms with van der Waals surface area (Å²) in [7, 11) is 2.56. The average Bonchev–Trinajstić information content (AvgIpc) is 2.43. The molecule has 0 spiro atoms. The number of amides is 2. The first-order valence-electron chi connectivity index (χ1n) is 6.29. The predicted octanol–water partition coefficient (Wildman–Crippen LogP) is 0.800. The van der Waals surface area contributed by atoms with E-state index in [2.05, 4.69) is 20.1 Å². The van der Waals surface area contributed by atoms with Crippen LogP contribution < -0.4 is 10.6 Å². The summed E-state index contributed by atoms with van der Waals surface area (Å²) >= 11 is 0. The predicted molar refractivity (Wildman–Crippen MR) is 70.2 cm³/mol. The number of methoxy groups -OCH3 is 2. The Labute approximate surface area is 118 Å². The molecular weight excluding hydrogens is 268 g/mol. The van der Waals surface area contributed by atoms with Crippen molar-refractivity contribution in [1.82, 2.24) is 10.6 Å². The van der Waals surface area contributed by atoms with Crippen molar-refractivity contribution in [2.24, 2.45) is 0 Å². The summed E-state index contributed by atoms with van der Waals surface area (Å²) in [5.74, 6) is -0.408. The second-order valence-electron chi connectivity index (χ2n) is 4.05. The number of carbonyl (C=O) groups is 3. The fourth-order valence-electron chi connectivity index (χ4n) is 1.42. The molecule has 0 aliphatic rings. The molecule has 0 unspecified atom stereocenters. The number of unbranched alkanes of at least 4 members (excludes halogenated alkanes) is 1. The molecule has 8 heteroatoms. The van der Waals surface area contributed by atoms with E-state index < -0.39 is 18.2 Å². The molecule has 1 atom stereocenters. The Hall–Kier alpha value is -1.99. The van der Waals surface area contributed by atoms with E-state index in [-0.39, 0.29) is 12.6 Å². The summed E-state index contributed by atoms with van der Waals surface area (Å²) in [5.41, 5.74) is 0. The number of esters is 1. The molecule has 0 aromatic rings. The van der Waals surface area contributed by atoms with Crippen LogP contribution in [0, 0.1) is 0 Å². The number of hydrogen-bond donors (Lipinski definition) is 2. The topological polar surface area (TPSA) is 103 Å². The highest BCUT2D eigenvalue weighted by Crippen LogP contribution is 2.02. The van der Waals surface area contributed by atoms with Gasteiger partial charge in [0.25, 0.3) is 0 Å². The number of rotatable bonds is 8. The minimum Gasteiger partial charge on any atom is -0.464 e. The van der Waals surface area contributed by atoms with Crippen LogP contribution in [-0.4, -0.2) is 51.6 Å². The van der Waals surface area contributed by atoms with Crippen LogP contribution in [0.15, 0.2) is 0 Å². The van der Waals surface area contributed by atoms with Crippen LogP contribution in [0.4, 0.5) is 9.59 Å². The normalized spacial score (nSPS) is 11.2. The molecule has 0 saturated carbocycles. The molecule has 0 aromatic heterocycles. The summed E-state index contributed by atoms with van der Waals surface area (Å²) < 4.78 is 13.8. The third-order valence-corrected chi connectivity index (χ3v) is 2.43. The molecule has 116 valence electrons. The van der Waals surface area contributed by atoms with Gasteiger partial charge in [-0.15, -0.1) is 0 Å². The summed E-state index contributed by atoms with van der Waals surface area (Å²) in [6.07, 6.45) is 1.00. The smallest absolute Gasteiger partial charge is 0.407 e. The molecule has 0 rings (SSSR count). The van der Waals surface area contributed by atoms with Crippen LogP contribution >= 0.6 is 0 Å². The number of ether oxygens (including phenoxy) is 3. The van der Waals surface area contributed by atoms with Crippen molar-refractivity contribution in [3.8, 4) is 0 Å². The van der Waals surface area contributed by atoms with Crippen LogP contribution in [0.5, 0.6) is 0 Å². The largest absolute Gasteiger partial charge is 0.464 e. The Bertz CT molecular complexity index is 321. The van der Waals surface area contributed by atoms with Gasteiger partial charge >= 0.3 is 18.2 Å². The number of alkyl carbamates (subject to hydrolysis) is 2. The van der Waals surface area contributed by atoms with E-state index in [1.54, 1.807) is 0 Å². The lowest BCUT2D eigenvalue weighted by atomic mass is 10.1. The van der Waals surface area contributed by atoms with E-state index in [0.29, 0.717) is 19.4 Å². The molecule has 8 nitrogen and oxygen atoms in total. The number of hydrogen-bond acceptors (Lipinski definition) is 6. The van der Waals surface area contributed by atoms with Crippen LogP contribution in [0.25, 0.3) is 0 Å². The summed E-state index contributed by atoms with van der Waals surface area (Å²) in [4.78, 5) is 32.7.